The number of methoxy groups -OCH3 is 1. The molecule has 1 atom stereocenters. The topological polar surface area (TPSA) is 102 Å². The fourth-order valence-electron chi connectivity index (χ4n) is 3.25. The molecule has 0 radical (unpaired) electrons. The molecule has 3 heterocycles. The minimum Gasteiger partial charge on any atom is -0.504 e. The molecule has 0 aliphatic carbocycles. The minimum atomic E-state index is -0.532. The Bertz CT molecular complexity index is 1110. The van der Waals surface area contributed by atoms with Crippen LogP contribution in [-0.2, 0) is 6.42 Å². The molecule has 0 saturated heterocycles. The minimum absolute atomic E-state index is 0.0787. The molecule has 2 aromatic heterocycles. The lowest BCUT2D eigenvalue weighted by Gasteiger charge is -2.25. The summed E-state index contributed by atoms with van der Waals surface area (Å²) in [5.41, 5.74) is 0.548. The predicted octanol–water partition coefficient (Wildman–Crippen LogP) is 1.39. The van der Waals surface area contributed by atoms with E-state index in [0.29, 0.717) is 13.2 Å². The van der Waals surface area contributed by atoms with Gasteiger partial charge in [0.15, 0.2) is 11.4 Å². The van der Waals surface area contributed by atoms with Crippen LogP contribution in [0.25, 0.3) is 5.65 Å². The fourth-order valence-corrected chi connectivity index (χ4v) is 3.25. The molecule has 1 aliphatic heterocycles. The van der Waals surface area contributed by atoms with Crippen LogP contribution in [0.2, 0.25) is 0 Å². The van der Waals surface area contributed by atoms with E-state index in [1.807, 2.05) is 18.2 Å². The second-order valence-corrected chi connectivity index (χ2v) is 6.63. The summed E-state index contributed by atoms with van der Waals surface area (Å²) in [6, 6.07) is 8.62. The summed E-state index contributed by atoms with van der Waals surface area (Å²) in [5, 5.41) is 12.5. The number of aromatic nitrogens is 2. The summed E-state index contributed by atoms with van der Waals surface area (Å²) in [4.78, 5) is 29.0. The van der Waals surface area contributed by atoms with E-state index < -0.39 is 11.5 Å². The van der Waals surface area contributed by atoms with Gasteiger partial charge in [0.25, 0.3) is 11.5 Å². The maximum absolute atomic E-state index is 12.5. The Morgan fingerprint density at radius 1 is 1.43 bits per heavy atom. The molecule has 144 valence electrons. The van der Waals surface area contributed by atoms with Gasteiger partial charge in [-0.2, -0.15) is 0 Å². The number of amides is 1. The number of ether oxygens (including phenoxy) is 2. The summed E-state index contributed by atoms with van der Waals surface area (Å²) in [5.74, 6) is 0.988. The van der Waals surface area contributed by atoms with Gasteiger partial charge in [0.05, 0.1) is 13.7 Å². The molecule has 1 aliphatic rings. The lowest BCUT2D eigenvalue weighted by Crippen LogP contribution is -2.37. The van der Waals surface area contributed by atoms with Gasteiger partial charge < -0.3 is 19.9 Å². The van der Waals surface area contributed by atoms with Crippen LogP contribution in [0.15, 0.2) is 47.5 Å². The molecule has 2 N–H and O–H groups in total. The quantitative estimate of drug-likeness (QED) is 0.708. The van der Waals surface area contributed by atoms with Crippen molar-refractivity contribution in [1.29, 1.82) is 0 Å². The van der Waals surface area contributed by atoms with Gasteiger partial charge in [-0.25, -0.2) is 4.98 Å². The summed E-state index contributed by atoms with van der Waals surface area (Å²) in [7, 11) is 1.61. The highest BCUT2D eigenvalue weighted by Crippen LogP contribution is 2.30. The van der Waals surface area contributed by atoms with Crippen molar-refractivity contribution < 1.29 is 19.4 Å². The van der Waals surface area contributed by atoms with E-state index in [4.69, 9.17) is 9.47 Å². The Balaban J connectivity index is 1.46. The van der Waals surface area contributed by atoms with E-state index in [1.54, 1.807) is 7.11 Å². The number of hydrogen-bond acceptors (Lipinski definition) is 6. The van der Waals surface area contributed by atoms with Gasteiger partial charge in [-0.05, 0) is 30.2 Å². The Morgan fingerprint density at radius 2 is 2.29 bits per heavy atom. The van der Waals surface area contributed by atoms with Gasteiger partial charge in [0.2, 0.25) is 0 Å². The molecule has 0 saturated carbocycles. The number of pyridine rings is 1. The zero-order valence-electron chi connectivity index (χ0n) is 15.2. The molecular weight excluding hydrogens is 362 g/mol. The number of aromatic hydroxyl groups is 1. The number of benzene rings is 1. The number of nitrogens with zero attached hydrogens (tertiary/aromatic N) is 2. The van der Waals surface area contributed by atoms with Crippen molar-refractivity contribution in [2.45, 2.75) is 6.42 Å². The van der Waals surface area contributed by atoms with E-state index in [-0.39, 0.29) is 22.9 Å². The number of carbonyl (C=O) groups is 1. The molecule has 1 aromatic carbocycles. The summed E-state index contributed by atoms with van der Waals surface area (Å²) >= 11 is 0. The van der Waals surface area contributed by atoms with E-state index in [0.717, 1.165) is 27.9 Å². The van der Waals surface area contributed by atoms with Crippen LogP contribution in [0.1, 0.15) is 15.9 Å². The number of rotatable bonds is 4. The Morgan fingerprint density at radius 3 is 3.11 bits per heavy atom. The SMILES string of the molecule is COc1ccc2c(c1)OC[C@@H](CNC(=O)c1cnc3c(O)cccn3c1=O)C2. The third kappa shape index (κ3) is 3.24. The molecule has 8 nitrogen and oxygen atoms in total. The molecule has 0 fully saturated rings. The second-order valence-electron chi connectivity index (χ2n) is 6.63. The normalized spacial score (nSPS) is 15.5. The van der Waals surface area contributed by atoms with Crippen molar-refractivity contribution in [3.05, 3.63) is 64.2 Å². The first-order valence-electron chi connectivity index (χ1n) is 8.84. The smallest absolute Gasteiger partial charge is 0.270 e. The molecule has 28 heavy (non-hydrogen) atoms. The molecule has 1 amide bonds. The molecule has 3 aromatic rings. The highest BCUT2D eigenvalue weighted by molar-refractivity contribution is 5.93. The zero-order chi connectivity index (χ0) is 19.7. The van der Waals surface area contributed by atoms with Gasteiger partial charge in [-0.15, -0.1) is 0 Å². The largest absolute Gasteiger partial charge is 0.504 e. The van der Waals surface area contributed by atoms with Crippen LogP contribution in [0.4, 0.5) is 0 Å². The van der Waals surface area contributed by atoms with Crippen molar-refractivity contribution in [2.75, 3.05) is 20.3 Å². The first-order valence-corrected chi connectivity index (χ1v) is 8.84. The summed E-state index contributed by atoms with van der Waals surface area (Å²) < 4.78 is 12.1. The van der Waals surface area contributed by atoms with Gasteiger partial charge in [0.1, 0.15) is 17.1 Å². The van der Waals surface area contributed by atoms with Crippen LogP contribution in [0.3, 0.4) is 0 Å². The lowest BCUT2D eigenvalue weighted by molar-refractivity contribution is 0.0937. The first-order chi connectivity index (χ1) is 13.6. The monoisotopic (exact) mass is 381 g/mol. The van der Waals surface area contributed by atoms with Gasteiger partial charge in [-0.3, -0.25) is 14.0 Å². The van der Waals surface area contributed by atoms with Crippen molar-refractivity contribution >= 4 is 11.6 Å². The number of carbonyl (C=O) groups excluding carboxylic acids is 1. The Labute approximate surface area is 160 Å². The van der Waals surface area contributed by atoms with E-state index >= 15 is 0 Å². The molecule has 4 rings (SSSR count). The molecule has 0 bridgehead atoms. The Hall–Kier alpha value is -3.55. The summed E-state index contributed by atoms with van der Waals surface area (Å²) in [6.07, 6.45) is 3.40. The average Bonchev–Trinajstić information content (AvgIpc) is 2.72. The lowest BCUT2D eigenvalue weighted by atomic mass is 9.96. The summed E-state index contributed by atoms with van der Waals surface area (Å²) in [6.45, 7) is 0.829. The van der Waals surface area contributed by atoms with E-state index in [1.165, 1.54) is 24.5 Å². The van der Waals surface area contributed by atoms with Crippen molar-refractivity contribution in [1.82, 2.24) is 14.7 Å². The zero-order valence-corrected chi connectivity index (χ0v) is 15.2. The van der Waals surface area contributed by atoms with E-state index in [2.05, 4.69) is 10.3 Å². The third-order valence-corrected chi connectivity index (χ3v) is 4.77. The molecular formula is C20H19N3O5. The first kappa shape index (κ1) is 17.8. The van der Waals surface area contributed by atoms with Crippen LogP contribution in [-0.4, -0.2) is 40.7 Å². The number of nitrogens with one attached hydrogen (secondary N) is 1. The molecule has 8 heteroatoms. The molecule has 0 spiro atoms. The Kier molecular flexibility index (Phi) is 4.60. The van der Waals surface area contributed by atoms with Crippen LogP contribution < -0.4 is 20.3 Å². The van der Waals surface area contributed by atoms with Crippen LogP contribution in [0.5, 0.6) is 17.2 Å². The highest BCUT2D eigenvalue weighted by atomic mass is 16.5. The number of fused-ring (bicyclic) bond motifs is 2. The maximum atomic E-state index is 12.5. The van der Waals surface area contributed by atoms with Gasteiger partial charge >= 0.3 is 0 Å². The standard InChI is InChI=1S/C20H19N3O5/c1-27-14-5-4-13-7-12(11-28-17(13)8-14)9-22-19(25)15-10-21-18-16(24)3-2-6-23(18)20(15)26/h2-6,8,10,12,24H,7,9,11H2,1H3,(H,22,25)/t12-/m1/s1. The third-order valence-electron chi connectivity index (χ3n) is 4.77. The predicted molar refractivity (Wildman–Crippen MR) is 101 cm³/mol. The average molecular weight is 381 g/mol. The van der Waals surface area contributed by atoms with Crippen molar-refractivity contribution in [3.8, 4) is 17.2 Å². The second kappa shape index (κ2) is 7.22. The van der Waals surface area contributed by atoms with Crippen molar-refractivity contribution in [2.24, 2.45) is 5.92 Å². The highest BCUT2D eigenvalue weighted by Gasteiger charge is 2.22. The van der Waals surface area contributed by atoms with Gasteiger partial charge in [0, 0.05) is 30.9 Å². The maximum Gasteiger partial charge on any atom is 0.270 e. The van der Waals surface area contributed by atoms with Crippen molar-refractivity contribution in [3.63, 3.8) is 0 Å². The van der Waals surface area contributed by atoms with Gasteiger partial charge in [-0.1, -0.05) is 6.07 Å². The molecule has 0 unspecified atom stereocenters. The fraction of sp³-hybridized carbons (Fsp3) is 0.250. The van der Waals surface area contributed by atoms with E-state index in [9.17, 15) is 14.7 Å². The van der Waals surface area contributed by atoms with Crippen LogP contribution in [0, 0.1) is 5.92 Å². The number of hydrogen-bond donors (Lipinski definition) is 2. The van der Waals surface area contributed by atoms with Crippen LogP contribution >= 0.6 is 0 Å².